The van der Waals surface area contributed by atoms with E-state index < -0.39 is 0 Å². The fourth-order valence-electron chi connectivity index (χ4n) is 1.55. The van der Waals surface area contributed by atoms with Gasteiger partial charge in [-0.25, -0.2) is 0 Å². The molecule has 0 aliphatic carbocycles. The first kappa shape index (κ1) is 11.5. The number of nitrogens with zero attached hydrogens (tertiary/aromatic N) is 1. The van der Waals surface area contributed by atoms with E-state index in [1.54, 1.807) is 18.5 Å². The van der Waals surface area contributed by atoms with Crippen LogP contribution in [0.25, 0.3) is 0 Å². The predicted octanol–water partition coefficient (Wildman–Crippen LogP) is 3.58. The quantitative estimate of drug-likeness (QED) is 0.873. The Kier molecular flexibility index (Phi) is 3.28. The van der Waals surface area contributed by atoms with Gasteiger partial charge in [-0.15, -0.1) is 0 Å². The molecule has 0 aliphatic rings. The minimum Gasteiger partial charge on any atom is -0.455 e. The second kappa shape index (κ2) is 4.87. The molecule has 0 saturated carbocycles. The molecular formula is C14H16N2O. The molecule has 2 aromatic rings. The molecule has 88 valence electrons. The van der Waals surface area contributed by atoms with Crippen LogP contribution >= 0.6 is 0 Å². The third-order valence-corrected chi connectivity index (χ3v) is 2.56. The summed E-state index contributed by atoms with van der Waals surface area (Å²) in [6.07, 6.45) is 3.25. The zero-order chi connectivity index (χ0) is 12.3. The maximum Gasteiger partial charge on any atom is 0.153 e. The maximum absolute atomic E-state index is 5.78. The molecule has 0 radical (unpaired) electrons. The number of hydrogen-bond donors (Lipinski definition) is 1. The molecule has 17 heavy (non-hydrogen) atoms. The number of benzene rings is 1. The Balaban J connectivity index is 2.25. The van der Waals surface area contributed by atoms with Crippen molar-refractivity contribution >= 4 is 5.69 Å². The predicted molar refractivity (Wildman–Crippen MR) is 69.3 cm³/mol. The number of rotatable bonds is 3. The molecule has 0 fully saturated rings. The molecule has 0 unspecified atom stereocenters. The van der Waals surface area contributed by atoms with Crippen LogP contribution in [0.4, 0.5) is 5.69 Å². The average Bonchev–Trinajstić information content (AvgIpc) is 2.32. The summed E-state index contributed by atoms with van der Waals surface area (Å²) < 4.78 is 5.73. The van der Waals surface area contributed by atoms with Crippen molar-refractivity contribution in [1.82, 2.24) is 4.98 Å². The van der Waals surface area contributed by atoms with Gasteiger partial charge in [0.1, 0.15) is 5.75 Å². The second-order valence-electron chi connectivity index (χ2n) is 4.24. The van der Waals surface area contributed by atoms with Gasteiger partial charge in [0.2, 0.25) is 0 Å². The van der Waals surface area contributed by atoms with Gasteiger partial charge in [-0.05, 0) is 23.6 Å². The molecular weight excluding hydrogens is 212 g/mol. The number of anilines is 1. The van der Waals surface area contributed by atoms with Gasteiger partial charge >= 0.3 is 0 Å². The van der Waals surface area contributed by atoms with Gasteiger partial charge in [0.05, 0.1) is 11.9 Å². The monoisotopic (exact) mass is 228 g/mol. The summed E-state index contributed by atoms with van der Waals surface area (Å²) in [6.45, 7) is 4.31. The number of pyridine rings is 1. The van der Waals surface area contributed by atoms with E-state index >= 15 is 0 Å². The molecule has 0 amide bonds. The van der Waals surface area contributed by atoms with Crippen molar-refractivity contribution in [3.8, 4) is 11.5 Å². The normalized spacial score (nSPS) is 10.5. The van der Waals surface area contributed by atoms with Gasteiger partial charge in [-0.2, -0.15) is 0 Å². The zero-order valence-corrected chi connectivity index (χ0v) is 10.1. The third-order valence-electron chi connectivity index (χ3n) is 2.56. The Morgan fingerprint density at radius 1 is 1.24 bits per heavy atom. The van der Waals surface area contributed by atoms with Crippen LogP contribution in [0.3, 0.4) is 0 Å². The standard InChI is InChI=1S/C14H16N2O/c1-10(2)11-4-3-5-12(8-11)17-14-6-7-16-9-13(14)15/h3-10H,15H2,1-2H3. The zero-order valence-electron chi connectivity index (χ0n) is 10.1. The van der Waals surface area contributed by atoms with Gasteiger partial charge in [0.25, 0.3) is 0 Å². The van der Waals surface area contributed by atoms with Gasteiger partial charge in [0, 0.05) is 12.3 Å². The molecule has 0 spiro atoms. The molecule has 2 rings (SSSR count). The highest BCUT2D eigenvalue weighted by Crippen LogP contribution is 2.28. The van der Waals surface area contributed by atoms with Gasteiger partial charge in [-0.1, -0.05) is 26.0 Å². The molecule has 2 N–H and O–H groups in total. The first-order valence-corrected chi connectivity index (χ1v) is 5.64. The van der Waals surface area contributed by atoms with Crippen molar-refractivity contribution < 1.29 is 4.74 Å². The van der Waals surface area contributed by atoms with Crippen LogP contribution in [0.15, 0.2) is 42.7 Å². The number of aromatic nitrogens is 1. The van der Waals surface area contributed by atoms with E-state index in [1.165, 1.54) is 5.56 Å². The van der Waals surface area contributed by atoms with Crippen LogP contribution < -0.4 is 10.5 Å². The fraction of sp³-hybridized carbons (Fsp3) is 0.214. The Morgan fingerprint density at radius 2 is 2.06 bits per heavy atom. The molecule has 1 heterocycles. The molecule has 0 bridgehead atoms. The third kappa shape index (κ3) is 2.75. The minimum absolute atomic E-state index is 0.480. The van der Waals surface area contributed by atoms with Crippen molar-refractivity contribution in [2.75, 3.05) is 5.73 Å². The fourth-order valence-corrected chi connectivity index (χ4v) is 1.55. The highest BCUT2D eigenvalue weighted by molar-refractivity contribution is 5.51. The lowest BCUT2D eigenvalue weighted by Gasteiger charge is -2.10. The van der Waals surface area contributed by atoms with Crippen molar-refractivity contribution in [1.29, 1.82) is 0 Å². The molecule has 3 heteroatoms. The van der Waals surface area contributed by atoms with Crippen LogP contribution in [0, 0.1) is 0 Å². The van der Waals surface area contributed by atoms with Crippen LogP contribution in [-0.4, -0.2) is 4.98 Å². The SMILES string of the molecule is CC(C)c1cccc(Oc2ccncc2N)c1. The Labute approximate surface area is 101 Å². The summed E-state index contributed by atoms with van der Waals surface area (Å²) in [5.74, 6) is 1.92. The van der Waals surface area contributed by atoms with E-state index in [2.05, 4.69) is 24.9 Å². The summed E-state index contributed by atoms with van der Waals surface area (Å²) in [5.41, 5.74) is 7.57. The summed E-state index contributed by atoms with van der Waals surface area (Å²) in [5, 5.41) is 0. The van der Waals surface area contributed by atoms with Crippen molar-refractivity contribution in [2.24, 2.45) is 0 Å². The topological polar surface area (TPSA) is 48.1 Å². The maximum atomic E-state index is 5.78. The van der Waals surface area contributed by atoms with Crippen LogP contribution in [-0.2, 0) is 0 Å². The van der Waals surface area contributed by atoms with Crippen molar-refractivity contribution in [3.63, 3.8) is 0 Å². The van der Waals surface area contributed by atoms with E-state index in [0.29, 0.717) is 17.4 Å². The van der Waals surface area contributed by atoms with Crippen LogP contribution in [0.1, 0.15) is 25.3 Å². The largest absolute Gasteiger partial charge is 0.455 e. The summed E-state index contributed by atoms with van der Waals surface area (Å²) in [7, 11) is 0. The van der Waals surface area contributed by atoms with E-state index in [0.717, 1.165) is 5.75 Å². The lowest BCUT2D eigenvalue weighted by Crippen LogP contribution is -1.93. The van der Waals surface area contributed by atoms with Crippen LogP contribution in [0.2, 0.25) is 0 Å². The smallest absolute Gasteiger partial charge is 0.153 e. The van der Waals surface area contributed by atoms with Crippen molar-refractivity contribution in [3.05, 3.63) is 48.3 Å². The molecule has 1 aromatic heterocycles. The Bertz CT molecular complexity index is 509. The molecule has 0 saturated heterocycles. The summed E-state index contributed by atoms with van der Waals surface area (Å²) in [4.78, 5) is 3.93. The minimum atomic E-state index is 0.480. The number of hydrogen-bond acceptors (Lipinski definition) is 3. The van der Waals surface area contributed by atoms with Crippen molar-refractivity contribution in [2.45, 2.75) is 19.8 Å². The molecule has 0 atom stereocenters. The number of nitrogens with two attached hydrogens (primary N) is 1. The van der Waals surface area contributed by atoms with Crippen LogP contribution in [0.5, 0.6) is 11.5 Å². The van der Waals surface area contributed by atoms with Gasteiger partial charge in [-0.3, -0.25) is 4.98 Å². The lowest BCUT2D eigenvalue weighted by atomic mass is 10.0. The second-order valence-corrected chi connectivity index (χ2v) is 4.24. The van der Waals surface area contributed by atoms with E-state index in [4.69, 9.17) is 10.5 Å². The highest BCUT2D eigenvalue weighted by Gasteiger charge is 2.04. The molecule has 1 aromatic carbocycles. The van der Waals surface area contributed by atoms with Gasteiger partial charge in [0.15, 0.2) is 5.75 Å². The first-order valence-electron chi connectivity index (χ1n) is 5.64. The first-order chi connectivity index (χ1) is 8.16. The number of nitrogen functional groups attached to an aromatic ring is 1. The van der Waals surface area contributed by atoms with Gasteiger partial charge < -0.3 is 10.5 Å². The molecule has 3 nitrogen and oxygen atoms in total. The summed E-state index contributed by atoms with van der Waals surface area (Å²) in [6, 6.07) is 9.79. The Morgan fingerprint density at radius 3 is 2.76 bits per heavy atom. The molecule has 0 aliphatic heterocycles. The summed E-state index contributed by atoms with van der Waals surface area (Å²) >= 11 is 0. The number of ether oxygens (including phenoxy) is 1. The highest BCUT2D eigenvalue weighted by atomic mass is 16.5. The van der Waals surface area contributed by atoms with E-state index in [1.807, 2.05) is 18.2 Å². The van der Waals surface area contributed by atoms with E-state index in [9.17, 15) is 0 Å². The lowest BCUT2D eigenvalue weighted by molar-refractivity contribution is 0.483. The Hall–Kier alpha value is -2.03. The van der Waals surface area contributed by atoms with E-state index in [-0.39, 0.29) is 0 Å². The average molecular weight is 228 g/mol.